The number of halogens is 5. The topological polar surface area (TPSA) is 67.4 Å². The van der Waals surface area contributed by atoms with Crippen LogP contribution < -0.4 is 10.6 Å². The zero-order valence-corrected chi connectivity index (χ0v) is 22.1. The number of carbonyl (C=O) groups excluding carboxylic acids is 2. The van der Waals surface area contributed by atoms with Crippen molar-refractivity contribution in [1.82, 2.24) is 5.32 Å². The van der Waals surface area contributed by atoms with Crippen LogP contribution in [-0.2, 0) is 16.7 Å². The quantitative estimate of drug-likeness (QED) is 0.307. The third-order valence-electron chi connectivity index (χ3n) is 5.22. The first kappa shape index (κ1) is 27.4. The van der Waals surface area contributed by atoms with E-state index in [-0.39, 0.29) is 22.7 Å². The molecule has 35 heavy (non-hydrogen) atoms. The number of esters is 1. The molecular formula is C23H29F5N2O3S2. The van der Waals surface area contributed by atoms with Crippen molar-refractivity contribution in [1.29, 1.82) is 0 Å². The van der Waals surface area contributed by atoms with Crippen molar-refractivity contribution in [3.63, 3.8) is 0 Å². The summed E-state index contributed by atoms with van der Waals surface area (Å²) in [5, 5.41) is 6.03. The number of hydrogen-bond acceptors (Lipinski definition) is 5. The van der Waals surface area contributed by atoms with E-state index in [0.717, 1.165) is 28.3 Å². The zero-order valence-electron chi connectivity index (χ0n) is 20.4. The second-order valence-corrected chi connectivity index (χ2v) is 14.3. The largest absolute Gasteiger partial charge is 0.456 e. The van der Waals surface area contributed by atoms with Crippen LogP contribution in [0, 0.1) is 0 Å². The standard InChI is InChI=1S/C23H29F5N2O3S2/c1-21(2,3)33-20(32)16-15-12-22(4,5)30-23(6,7)17(15)34-19(16)29-18(31)13-9-8-10-14(11-13)35(24,25,26,27)28/h8-11,30H,12H2,1-7H3,(H,29,31). The molecule has 0 fully saturated rings. The maximum atomic E-state index is 13.3. The fourth-order valence-corrected chi connectivity index (χ4v) is 6.16. The minimum atomic E-state index is -9.98. The zero-order chi connectivity index (χ0) is 26.9. The monoisotopic (exact) mass is 540 g/mol. The summed E-state index contributed by atoms with van der Waals surface area (Å²) in [5.41, 5.74) is -1.69. The minimum absolute atomic E-state index is 0.0829. The first-order valence-electron chi connectivity index (χ1n) is 10.7. The minimum Gasteiger partial charge on any atom is -0.456 e. The third kappa shape index (κ3) is 6.15. The Morgan fingerprint density at radius 1 is 1.09 bits per heavy atom. The number of carbonyl (C=O) groups is 2. The van der Waals surface area contributed by atoms with Crippen LogP contribution in [0.2, 0.25) is 0 Å². The van der Waals surface area contributed by atoms with Crippen molar-refractivity contribution in [2.45, 2.75) is 76.5 Å². The van der Waals surface area contributed by atoms with Gasteiger partial charge in [0.05, 0.1) is 5.56 Å². The molecule has 1 aromatic carbocycles. The first-order valence-corrected chi connectivity index (χ1v) is 13.5. The summed E-state index contributed by atoms with van der Waals surface area (Å²) >= 11 is 1.10. The third-order valence-corrected chi connectivity index (χ3v) is 7.83. The highest BCUT2D eigenvalue weighted by atomic mass is 32.5. The fraction of sp³-hybridized carbons (Fsp3) is 0.478. The van der Waals surface area contributed by atoms with Crippen LogP contribution in [-0.4, -0.2) is 23.0 Å². The van der Waals surface area contributed by atoms with Gasteiger partial charge in [-0.3, -0.25) is 4.79 Å². The van der Waals surface area contributed by atoms with Crippen LogP contribution >= 0.6 is 21.6 Å². The van der Waals surface area contributed by atoms with Gasteiger partial charge in [-0.15, -0.1) is 11.3 Å². The summed E-state index contributed by atoms with van der Waals surface area (Å²) in [4.78, 5) is 24.7. The van der Waals surface area contributed by atoms with E-state index in [1.54, 1.807) is 20.8 Å². The summed E-state index contributed by atoms with van der Waals surface area (Å²) in [6.45, 7) is 12.8. The van der Waals surface area contributed by atoms with Gasteiger partial charge in [-0.1, -0.05) is 25.5 Å². The van der Waals surface area contributed by atoms with Crippen LogP contribution in [0.4, 0.5) is 24.4 Å². The predicted molar refractivity (Wildman–Crippen MR) is 129 cm³/mol. The van der Waals surface area contributed by atoms with Crippen molar-refractivity contribution in [2.75, 3.05) is 5.32 Å². The lowest BCUT2D eigenvalue weighted by atomic mass is 9.81. The van der Waals surface area contributed by atoms with Crippen molar-refractivity contribution < 1.29 is 33.8 Å². The van der Waals surface area contributed by atoms with Gasteiger partial charge in [0.2, 0.25) is 0 Å². The Morgan fingerprint density at radius 2 is 1.69 bits per heavy atom. The lowest BCUT2D eigenvalue weighted by Gasteiger charge is -2.42. The van der Waals surface area contributed by atoms with E-state index in [4.69, 9.17) is 4.74 Å². The van der Waals surface area contributed by atoms with Gasteiger partial charge >= 0.3 is 16.2 Å². The van der Waals surface area contributed by atoms with Gasteiger partial charge < -0.3 is 15.4 Å². The normalized spacial score (nSPS) is 19.2. The Balaban J connectivity index is 2.10. The van der Waals surface area contributed by atoms with E-state index in [1.807, 2.05) is 27.7 Å². The maximum Gasteiger partial charge on any atom is 0.341 e. The molecule has 2 N–H and O–H groups in total. The molecule has 5 nitrogen and oxygen atoms in total. The van der Waals surface area contributed by atoms with Gasteiger partial charge in [0.1, 0.15) is 15.5 Å². The molecule has 1 amide bonds. The molecule has 0 radical (unpaired) electrons. The molecule has 1 aromatic heterocycles. The molecule has 0 atom stereocenters. The highest BCUT2D eigenvalue weighted by molar-refractivity contribution is 8.45. The molecule has 1 aliphatic rings. The van der Waals surface area contributed by atoms with Crippen LogP contribution in [0.5, 0.6) is 0 Å². The number of rotatable bonds is 4. The van der Waals surface area contributed by atoms with E-state index >= 15 is 0 Å². The van der Waals surface area contributed by atoms with Gasteiger partial charge in [-0.2, -0.15) is 0 Å². The Hall–Kier alpha value is -2.18. The van der Waals surface area contributed by atoms with Gasteiger partial charge in [0.25, 0.3) is 5.91 Å². The molecule has 12 heteroatoms. The van der Waals surface area contributed by atoms with E-state index in [2.05, 4.69) is 10.6 Å². The average molecular weight is 541 g/mol. The Bertz CT molecular complexity index is 1210. The number of ether oxygens (including phenoxy) is 1. The lowest BCUT2D eigenvalue weighted by Crippen LogP contribution is -2.55. The highest BCUT2D eigenvalue weighted by Crippen LogP contribution is 3.02. The fourth-order valence-electron chi connectivity index (χ4n) is 4.21. The van der Waals surface area contributed by atoms with Crippen molar-refractivity contribution in [3.05, 3.63) is 45.8 Å². The van der Waals surface area contributed by atoms with E-state index < -0.39 is 49.2 Å². The van der Waals surface area contributed by atoms with Crippen LogP contribution in [0.25, 0.3) is 0 Å². The summed E-state index contributed by atoms with van der Waals surface area (Å²) < 4.78 is 71.9. The molecule has 2 heterocycles. The number of anilines is 1. The molecular weight excluding hydrogens is 511 g/mol. The molecule has 0 saturated carbocycles. The summed E-state index contributed by atoms with van der Waals surface area (Å²) in [5.74, 6) is -1.75. The van der Waals surface area contributed by atoms with Crippen molar-refractivity contribution in [3.8, 4) is 0 Å². The second kappa shape index (κ2) is 7.42. The number of thiophene rings is 1. The SMILES string of the molecule is CC1(C)Cc2c(sc(NC(=O)c3cccc(S(F)(F)(F)(F)F)c3)c2C(=O)OC(C)(C)C)C(C)(C)N1. The number of nitrogens with one attached hydrogen (secondary N) is 2. The van der Waals surface area contributed by atoms with Gasteiger partial charge in [0, 0.05) is 21.5 Å². The number of amides is 1. The average Bonchev–Trinajstić information content (AvgIpc) is 2.95. The Labute approximate surface area is 205 Å². The summed E-state index contributed by atoms with van der Waals surface area (Å²) in [7, 11) is -9.98. The second-order valence-electron chi connectivity index (χ2n) is 10.9. The Morgan fingerprint density at radius 3 is 2.23 bits per heavy atom. The molecule has 1 aliphatic heterocycles. The maximum absolute atomic E-state index is 13.3. The Kier molecular flexibility index (Phi) is 5.81. The van der Waals surface area contributed by atoms with Crippen molar-refractivity contribution in [2.24, 2.45) is 0 Å². The lowest BCUT2D eigenvalue weighted by molar-refractivity contribution is 0.00692. The van der Waals surface area contributed by atoms with E-state index in [9.17, 15) is 29.0 Å². The van der Waals surface area contributed by atoms with Gasteiger partial charge in [-0.05, 0) is 78.6 Å². The number of benzene rings is 1. The van der Waals surface area contributed by atoms with Crippen LogP contribution in [0.1, 0.15) is 79.6 Å². The smallest absolute Gasteiger partial charge is 0.341 e. The molecule has 0 saturated heterocycles. The van der Waals surface area contributed by atoms with E-state index in [1.165, 1.54) is 0 Å². The van der Waals surface area contributed by atoms with E-state index in [0.29, 0.717) is 12.0 Å². The predicted octanol–water partition coefficient (Wildman–Crippen LogP) is 7.77. The van der Waals surface area contributed by atoms with Crippen molar-refractivity contribution >= 4 is 38.4 Å². The molecule has 196 valence electrons. The van der Waals surface area contributed by atoms with Crippen LogP contribution in [0.3, 0.4) is 0 Å². The molecule has 0 aliphatic carbocycles. The highest BCUT2D eigenvalue weighted by Gasteiger charge is 2.65. The van der Waals surface area contributed by atoms with Gasteiger partial charge in [-0.25, -0.2) is 4.79 Å². The number of fused-ring (bicyclic) bond motifs is 1. The van der Waals surface area contributed by atoms with Gasteiger partial charge in [0.15, 0.2) is 0 Å². The summed E-state index contributed by atoms with van der Waals surface area (Å²) in [6.07, 6.45) is 0.423. The molecule has 0 bridgehead atoms. The molecule has 0 spiro atoms. The molecule has 3 rings (SSSR count). The van der Waals surface area contributed by atoms with Crippen LogP contribution in [0.15, 0.2) is 29.2 Å². The number of hydrogen-bond donors (Lipinski definition) is 2. The summed E-state index contributed by atoms with van der Waals surface area (Å²) in [6, 6.07) is 2.08. The molecule has 0 unspecified atom stereocenters. The molecule has 2 aromatic rings. The first-order chi connectivity index (χ1) is 15.4.